The summed E-state index contributed by atoms with van der Waals surface area (Å²) in [6.45, 7) is 3.67. The predicted octanol–water partition coefficient (Wildman–Crippen LogP) is 5.21. The zero-order valence-electron chi connectivity index (χ0n) is 27.2. The van der Waals surface area contributed by atoms with Crippen LogP contribution in [0.1, 0.15) is 87.5 Å². The zero-order valence-corrected chi connectivity index (χ0v) is 28.8. The third-order valence-electron chi connectivity index (χ3n) is 7.78. The highest BCUT2D eigenvalue weighted by Crippen LogP contribution is 2.39. The number of nitrogens with zero attached hydrogens (tertiary/aromatic N) is 1. The average Bonchev–Trinajstić information content (AvgIpc) is 3.72. The Hall–Kier alpha value is -4.40. The Morgan fingerprint density at radius 3 is 2.45 bits per heavy atom. The molecule has 1 amide bonds. The van der Waals surface area contributed by atoms with Crippen LogP contribution in [0.4, 0.5) is 4.39 Å². The first-order chi connectivity index (χ1) is 23.4. The SMILES string of the molecule is CCOC(=O)CCC(=O)c1cc2c(F)c(OCCC(=O)c3c(OC)cc4c(c3Cl)CN(C(=O)CCC(=O)O[C@@H](C)CN)C4)c(C=O)cc2s1. The van der Waals surface area contributed by atoms with Gasteiger partial charge in [0.15, 0.2) is 29.4 Å². The summed E-state index contributed by atoms with van der Waals surface area (Å²) in [5, 5.41) is 0.159. The molecule has 0 saturated carbocycles. The number of esters is 2. The fourth-order valence-electron chi connectivity index (χ4n) is 5.23. The molecular weight excluding hydrogens is 683 g/mol. The molecule has 0 fully saturated rings. The maximum absolute atomic E-state index is 15.6. The number of hydrogen-bond acceptors (Lipinski definition) is 12. The number of Topliss-reactive ketones (excluding diaryl/α,β-unsaturated/α-hetero) is 2. The molecule has 0 radical (unpaired) electrons. The second-order valence-corrected chi connectivity index (χ2v) is 12.7. The molecule has 0 saturated heterocycles. The summed E-state index contributed by atoms with van der Waals surface area (Å²) in [5.41, 5.74) is 6.66. The Balaban J connectivity index is 1.44. The molecule has 0 unspecified atom stereocenters. The number of thiophene rings is 1. The van der Waals surface area contributed by atoms with E-state index in [0.717, 1.165) is 11.3 Å². The summed E-state index contributed by atoms with van der Waals surface area (Å²) in [5.74, 6) is -3.26. The van der Waals surface area contributed by atoms with Crippen molar-refractivity contribution >= 4 is 68.7 Å². The van der Waals surface area contributed by atoms with E-state index >= 15 is 4.39 Å². The van der Waals surface area contributed by atoms with E-state index in [1.165, 1.54) is 24.1 Å². The fraction of sp³-hybridized carbons (Fsp3) is 0.412. The van der Waals surface area contributed by atoms with Crippen LogP contribution >= 0.6 is 22.9 Å². The number of amides is 1. The second kappa shape index (κ2) is 16.8. The number of ether oxygens (including phenoxy) is 4. The number of nitrogens with two attached hydrogens (primary N) is 1. The van der Waals surface area contributed by atoms with Crippen LogP contribution in [0.5, 0.6) is 11.5 Å². The second-order valence-electron chi connectivity index (χ2n) is 11.2. The Bertz CT molecular complexity index is 1790. The molecule has 2 aromatic carbocycles. The van der Waals surface area contributed by atoms with E-state index in [-0.39, 0.29) is 115 Å². The molecule has 1 atom stereocenters. The molecule has 15 heteroatoms. The lowest BCUT2D eigenvalue weighted by molar-refractivity contribution is -0.150. The summed E-state index contributed by atoms with van der Waals surface area (Å²) in [7, 11) is 1.37. The molecule has 262 valence electrons. The third-order valence-corrected chi connectivity index (χ3v) is 9.32. The Morgan fingerprint density at radius 2 is 1.78 bits per heavy atom. The van der Waals surface area contributed by atoms with E-state index in [2.05, 4.69) is 0 Å². The number of halogens is 2. The van der Waals surface area contributed by atoms with Gasteiger partial charge in [0, 0.05) is 49.0 Å². The van der Waals surface area contributed by atoms with Gasteiger partial charge < -0.3 is 29.6 Å². The number of hydrogen-bond donors (Lipinski definition) is 1. The first kappa shape index (κ1) is 37.4. The molecule has 2 heterocycles. The van der Waals surface area contributed by atoms with Crippen molar-refractivity contribution < 1.29 is 52.1 Å². The zero-order chi connectivity index (χ0) is 35.8. The molecular formula is C34H36ClFN2O10S. The van der Waals surface area contributed by atoms with Crippen LogP contribution in [0.25, 0.3) is 10.1 Å². The van der Waals surface area contributed by atoms with Gasteiger partial charge in [0.25, 0.3) is 0 Å². The Morgan fingerprint density at radius 1 is 1.04 bits per heavy atom. The minimum Gasteiger partial charge on any atom is -0.496 e. The summed E-state index contributed by atoms with van der Waals surface area (Å²) < 4.78 is 37.0. The average molecular weight is 719 g/mol. The van der Waals surface area contributed by atoms with E-state index in [0.29, 0.717) is 22.1 Å². The van der Waals surface area contributed by atoms with Crippen molar-refractivity contribution in [1.29, 1.82) is 0 Å². The molecule has 1 aromatic heterocycles. The van der Waals surface area contributed by atoms with Gasteiger partial charge >= 0.3 is 11.9 Å². The normalized spacial score (nSPS) is 12.7. The summed E-state index contributed by atoms with van der Waals surface area (Å²) in [4.78, 5) is 76.1. The number of ketones is 2. The van der Waals surface area contributed by atoms with Crippen molar-refractivity contribution in [2.24, 2.45) is 5.73 Å². The van der Waals surface area contributed by atoms with Gasteiger partial charge in [0.05, 0.1) is 54.2 Å². The first-order valence-electron chi connectivity index (χ1n) is 15.5. The van der Waals surface area contributed by atoms with Crippen molar-refractivity contribution in [2.45, 2.75) is 65.1 Å². The predicted molar refractivity (Wildman–Crippen MR) is 178 cm³/mol. The van der Waals surface area contributed by atoms with E-state index in [1.54, 1.807) is 19.9 Å². The summed E-state index contributed by atoms with van der Waals surface area (Å²) in [6.07, 6.45) is -0.730. The quantitative estimate of drug-likeness (QED) is 0.111. The van der Waals surface area contributed by atoms with Gasteiger partial charge in [-0.3, -0.25) is 28.8 Å². The van der Waals surface area contributed by atoms with E-state index < -0.39 is 29.6 Å². The maximum Gasteiger partial charge on any atom is 0.306 e. The highest BCUT2D eigenvalue weighted by atomic mass is 35.5. The monoisotopic (exact) mass is 718 g/mol. The van der Waals surface area contributed by atoms with Crippen LogP contribution in [0.3, 0.4) is 0 Å². The van der Waals surface area contributed by atoms with Crippen LogP contribution in [0, 0.1) is 5.82 Å². The molecule has 0 spiro atoms. The highest BCUT2D eigenvalue weighted by molar-refractivity contribution is 7.20. The minimum atomic E-state index is -0.868. The topological polar surface area (TPSA) is 169 Å². The first-order valence-corrected chi connectivity index (χ1v) is 16.7. The van der Waals surface area contributed by atoms with Crippen LogP contribution in [-0.2, 0) is 36.9 Å². The number of methoxy groups -OCH3 is 1. The molecule has 1 aliphatic rings. The standard InChI is InChI=1S/C34H36ClFN2O10S/c1-4-46-29(43)7-5-23(40)27-13-21-26(49-27)12-20(17-39)34(33(21)36)47-10-9-24(41)31-25(45-3)11-19-15-38(16-22(19)32(31)35)28(42)6-8-30(44)48-18(2)14-37/h11-13,17-18H,4-10,14-16,37H2,1-3H3/t18-/m0/s1. The molecule has 3 aromatic rings. The molecule has 12 nitrogen and oxygen atoms in total. The molecule has 0 bridgehead atoms. The number of carbonyl (C=O) groups is 6. The lowest BCUT2D eigenvalue weighted by atomic mass is 10.0. The number of rotatable bonds is 17. The lowest BCUT2D eigenvalue weighted by Crippen LogP contribution is -2.27. The smallest absolute Gasteiger partial charge is 0.306 e. The third kappa shape index (κ3) is 8.80. The molecule has 2 N–H and O–H groups in total. The van der Waals surface area contributed by atoms with Crippen LogP contribution in [0.2, 0.25) is 5.02 Å². The largest absolute Gasteiger partial charge is 0.496 e. The van der Waals surface area contributed by atoms with Crippen LogP contribution in [0.15, 0.2) is 18.2 Å². The Labute approximate surface area is 290 Å². The van der Waals surface area contributed by atoms with Gasteiger partial charge in [-0.2, -0.15) is 0 Å². The molecule has 4 rings (SSSR count). The number of aldehydes is 1. The number of fused-ring (bicyclic) bond motifs is 2. The van der Waals surface area contributed by atoms with Crippen molar-refractivity contribution in [1.82, 2.24) is 4.90 Å². The van der Waals surface area contributed by atoms with Gasteiger partial charge in [-0.1, -0.05) is 11.6 Å². The molecule has 0 aliphatic carbocycles. The van der Waals surface area contributed by atoms with E-state index in [4.69, 9.17) is 36.3 Å². The van der Waals surface area contributed by atoms with E-state index in [9.17, 15) is 28.8 Å². The Kier molecular flexibility index (Phi) is 12.8. The van der Waals surface area contributed by atoms with Crippen LogP contribution in [-0.4, -0.2) is 73.6 Å². The van der Waals surface area contributed by atoms with Gasteiger partial charge in [-0.25, -0.2) is 4.39 Å². The molecule has 49 heavy (non-hydrogen) atoms. The lowest BCUT2D eigenvalue weighted by Gasteiger charge is -2.16. The van der Waals surface area contributed by atoms with Gasteiger partial charge in [-0.05, 0) is 43.2 Å². The summed E-state index contributed by atoms with van der Waals surface area (Å²) in [6, 6.07) is 4.36. The molecule has 1 aliphatic heterocycles. The van der Waals surface area contributed by atoms with Crippen molar-refractivity contribution in [3.63, 3.8) is 0 Å². The van der Waals surface area contributed by atoms with E-state index in [1.807, 2.05) is 0 Å². The number of carbonyl (C=O) groups excluding carboxylic acids is 6. The van der Waals surface area contributed by atoms with Crippen molar-refractivity contribution in [3.05, 3.63) is 56.2 Å². The van der Waals surface area contributed by atoms with Crippen molar-refractivity contribution in [3.8, 4) is 11.5 Å². The summed E-state index contributed by atoms with van der Waals surface area (Å²) >= 11 is 7.68. The maximum atomic E-state index is 15.6. The van der Waals surface area contributed by atoms with Crippen molar-refractivity contribution in [2.75, 3.05) is 26.9 Å². The number of benzene rings is 2. The fourth-order valence-corrected chi connectivity index (χ4v) is 6.69. The van der Waals surface area contributed by atoms with Gasteiger partial charge in [-0.15, -0.1) is 11.3 Å². The van der Waals surface area contributed by atoms with Crippen LogP contribution < -0.4 is 15.2 Å². The van der Waals surface area contributed by atoms with Gasteiger partial charge in [0.2, 0.25) is 5.91 Å². The highest BCUT2D eigenvalue weighted by Gasteiger charge is 2.31. The van der Waals surface area contributed by atoms with Gasteiger partial charge in [0.1, 0.15) is 11.9 Å². The minimum absolute atomic E-state index is 0.0564.